The van der Waals surface area contributed by atoms with Gasteiger partial charge in [0.05, 0.1) is 11.9 Å². The predicted molar refractivity (Wildman–Crippen MR) is 67.3 cm³/mol. The van der Waals surface area contributed by atoms with E-state index in [1.807, 2.05) is 25.2 Å². The smallest absolute Gasteiger partial charge is 0.0614 e. The van der Waals surface area contributed by atoms with Crippen molar-refractivity contribution in [1.29, 1.82) is 0 Å². The Morgan fingerprint density at radius 2 is 2.33 bits per heavy atom. The predicted octanol–water partition coefficient (Wildman–Crippen LogP) is 3.35. The van der Waals surface area contributed by atoms with Crippen molar-refractivity contribution in [1.82, 2.24) is 5.01 Å². The third kappa shape index (κ3) is 3.11. The molecule has 0 aromatic rings. The van der Waals surface area contributed by atoms with Crippen LogP contribution in [0, 0.1) is 5.92 Å². The van der Waals surface area contributed by atoms with Crippen LogP contribution in [0.25, 0.3) is 0 Å². The Kier molecular flexibility index (Phi) is 4.43. The van der Waals surface area contributed by atoms with Gasteiger partial charge in [0.1, 0.15) is 0 Å². The Morgan fingerprint density at radius 1 is 1.67 bits per heavy atom. The van der Waals surface area contributed by atoms with Crippen molar-refractivity contribution in [3.05, 3.63) is 35.5 Å². The standard InChI is InChI=1S/C11H14Cl2N2/c1-8(2)15(14-3)7-9-10(12)5-4-6-11(9)13/h4-6,9-10H,1,3,7H2,2H3. The van der Waals surface area contributed by atoms with E-state index in [2.05, 4.69) is 18.4 Å². The second kappa shape index (κ2) is 5.38. The molecular weight excluding hydrogens is 231 g/mol. The van der Waals surface area contributed by atoms with E-state index in [1.165, 1.54) is 0 Å². The summed E-state index contributed by atoms with van der Waals surface area (Å²) in [5.41, 5.74) is 0.827. The fourth-order valence-electron chi connectivity index (χ4n) is 1.37. The quantitative estimate of drug-likeness (QED) is 0.421. The average Bonchev–Trinajstić information content (AvgIpc) is 2.17. The molecule has 0 aliphatic heterocycles. The van der Waals surface area contributed by atoms with Gasteiger partial charge in [-0.2, -0.15) is 5.10 Å². The Balaban J connectivity index is 2.72. The lowest BCUT2D eigenvalue weighted by Crippen LogP contribution is -2.29. The van der Waals surface area contributed by atoms with E-state index in [1.54, 1.807) is 5.01 Å². The molecule has 2 atom stereocenters. The molecule has 1 aliphatic rings. The summed E-state index contributed by atoms with van der Waals surface area (Å²) in [5.74, 6) is 0.0422. The lowest BCUT2D eigenvalue weighted by molar-refractivity contribution is 0.327. The molecule has 0 aromatic heterocycles. The van der Waals surface area contributed by atoms with Crippen LogP contribution in [0.1, 0.15) is 6.92 Å². The van der Waals surface area contributed by atoms with Crippen molar-refractivity contribution in [3.63, 3.8) is 0 Å². The summed E-state index contributed by atoms with van der Waals surface area (Å²) in [6, 6.07) is 0. The van der Waals surface area contributed by atoms with Gasteiger partial charge < -0.3 is 0 Å². The van der Waals surface area contributed by atoms with Crippen molar-refractivity contribution in [2.75, 3.05) is 6.54 Å². The molecule has 0 saturated carbocycles. The second-order valence-electron chi connectivity index (χ2n) is 3.45. The molecule has 15 heavy (non-hydrogen) atoms. The first-order chi connectivity index (χ1) is 7.06. The van der Waals surface area contributed by atoms with E-state index in [-0.39, 0.29) is 11.3 Å². The van der Waals surface area contributed by atoms with Crippen LogP contribution in [-0.4, -0.2) is 23.6 Å². The molecular formula is C11H14Cl2N2. The van der Waals surface area contributed by atoms with Gasteiger partial charge in [0.15, 0.2) is 0 Å². The minimum Gasteiger partial charge on any atom is -0.270 e. The average molecular weight is 245 g/mol. The zero-order chi connectivity index (χ0) is 11.4. The molecule has 0 N–H and O–H groups in total. The van der Waals surface area contributed by atoms with Crippen molar-refractivity contribution in [2.24, 2.45) is 11.0 Å². The summed E-state index contributed by atoms with van der Waals surface area (Å²) in [6.07, 6.45) is 5.63. The maximum absolute atomic E-state index is 6.15. The minimum absolute atomic E-state index is 0.0422. The zero-order valence-corrected chi connectivity index (χ0v) is 10.2. The lowest BCUT2D eigenvalue weighted by Gasteiger charge is -2.27. The van der Waals surface area contributed by atoms with Crippen molar-refractivity contribution in [3.8, 4) is 0 Å². The van der Waals surface area contributed by atoms with Crippen molar-refractivity contribution < 1.29 is 0 Å². The van der Waals surface area contributed by atoms with Crippen LogP contribution in [0.3, 0.4) is 0 Å². The highest BCUT2D eigenvalue weighted by Gasteiger charge is 2.24. The molecule has 0 amide bonds. The van der Waals surface area contributed by atoms with Crippen LogP contribution < -0.4 is 0 Å². The normalized spacial score (nSPS) is 24.6. The number of nitrogens with zero attached hydrogens (tertiary/aromatic N) is 2. The van der Waals surface area contributed by atoms with E-state index in [4.69, 9.17) is 23.2 Å². The van der Waals surface area contributed by atoms with E-state index < -0.39 is 0 Å². The van der Waals surface area contributed by atoms with Crippen LogP contribution in [0.2, 0.25) is 0 Å². The second-order valence-corrected chi connectivity index (χ2v) is 4.39. The monoisotopic (exact) mass is 244 g/mol. The van der Waals surface area contributed by atoms with Gasteiger partial charge in [-0.1, -0.05) is 30.3 Å². The summed E-state index contributed by atoms with van der Waals surface area (Å²) in [5, 5.41) is 6.21. The van der Waals surface area contributed by atoms with Crippen LogP contribution in [-0.2, 0) is 0 Å². The van der Waals surface area contributed by atoms with Gasteiger partial charge in [0, 0.05) is 23.4 Å². The van der Waals surface area contributed by atoms with Gasteiger partial charge in [0.25, 0.3) is 0 Å². The number of hydrogen-bond donors (Lipinski definition) is 0. The molecule has 0 fully saturated rings. The van der Waals surface area contributed by atoms with Gasteiger partial charge in [0.2, 0.25) is 0 Å². The highest BCUT2D eigenvalue weighted by molar-refractivity contribution is 6.31. The van der Waals surface area contributed by atoms with Crippen LogP contribution in [0.15, 0.2) is 40.6 Å². The number of allylic oxidation sites excluding steroid dienone is 4. The first-order valence-corrected chi connectivity index (χ1v) is 5.45. The molecule has 0 spiro atoms. The first-order valence-electron chi connectivity index (χ1n) is 4.64. The Bertz CT molecular complexity index is 321. The van der Waals surface area contributed by atoms with Crippen molar-refractivity contribution >= 4 is 29.9 Å². The van der Waals surface area contributed by atoms with Gasteiger partial charge in [-0.25, -0.2) is 0 Å². The van der Waals surface area contributed by atoms with Gasteiger partial charge >= 0.3 is 0 Å². The molecule has 1 aliphatic carbocycles. The summed E-state index contributed by atoms with van der Waals surface area (Å²) < 4.78 is 0. The molecule has 0 bridgehead atoms. The fraction of sp³-hybridized carbons (Fsp3) is 0.364. The van der Waals surface area contributed by atoms with Crippen molar-refractivity contribution in [2.45, 2.75) is 12.3 Å². The molecule has 0 aromatic carbocycles. The molecule has 1 rings (SSSR count). The highest BCUT2D eigenvalue weighted by atomic mass is 35.5. The molecule has 2 unspecified atom stereocenters. The molecule has 0 saturated heterocycles. The first kappa shape index (κ1) is 12.3. The highest BCUT2D eigenvalue weighted by Crippen LogP contribution is 2.29. The lowest BCUT2D eigenvalue weighted by atomic mass is 9.99. The summed E-state index contributed by atoms with van der Waals surface area (Å²) >= 11 is 12.2. The number of hydrogen-bond acceptors (Lipinski definition) is 2. The fourth-order valence-corrected chi connectivity index (χ4v) is 2.01. The Morgan fingerprint density at radius 3 is 2.80 bits per heavy atom. The van der Waals surface area contributed by atoms with Crippen LogP contribution in [0.5, 0.6) is 0 Å². The number of alkyl halides is 1. The van der Waals surface area contributed by atoms with Crippen LogP contribution >= 0.6 is 23.2 Å². The SMILES string of the molecule is C=NN(CC1C(Cl)=CC=CC1Cl)C(=C)C. The molecule has 2 nitrogen and oxygen atoms in total. The van der Waals surface area contributed by atoms with E-state index in [0.717, 1.165) is 10.7 Å². The molecule has 0 radical (unpaired) electrons. The third-order valence-corrected chi connectivity index (χ3v) is 3.13. The zero-order valence-electron chi connectivity index (χ0n) is 8.66. The molecule has 4 heteroatoms. The largest absolute Gasteiger partial charge is 0.270 e. The minimum atomic E-state index is -0.105. The molecule has 82 valence electrons. The summed E-state index contributed by atoms with van der Waals surface area (Å²) in [4.78, 5) is 0. The molecule has 0 heterocycles. The van der Waals surface area contributed by atoms with Gasteiger partial charge in [-0.15, -0.1) is 11.6 Å². The topological polar surface area (TPSA) is 15.6 Å². The number of rotatable bonds is 4. The van der Waals surface area contributed by atoms with Gasteiger partial charge in [-0.05, 0) is 13.0 Å². The summed E-state index contributed by atoms with van der Waals surface area (Å²) in [7, 11) is 0. The third-order valence-electron chi connectivity index (χ3n) is 2.27. The maximum atomic E-state index is 6.15. The van der Waals surface area contributed by atoms with E-state index in [9.17, 15) is 0 Å². The Hall–Kier alpha value is -0.730. The maximum Gasteiger partial charge on any atom is 0.0614 e. The van der Waals surface area contributed by atoms with Crippen LogP contribution in [0.4, 0.5) is 0 Å². The van der Waals surface area contributed by atoms with Gasteiger partial charge in [-0.3, -0.25) is 5.01 Å². The number of halogens is 2. The van der Waals surface area contributed by atoms with E-state index in [0.29, 0.717) is 6.54 Å². The summed E-state index contributed by atoms with van der Waals surface area (Å²) in [6.45, 7) is 9.77. The Labute approximate surface area is 101 Å². The van der Waals surface area contributed by atoms with E-state index >= 15 is 0 Å². The number of hydrazone groups is 1.